The van der Waals surface area contributed by atoms with Crippen LogP contribution in [0.1, 0.15) is 104 Å². The fourth-order valence-electron chi connectivity index (χ4n) is 4.90. The first-order valence-electron chi connectivity index (χ1n) is 9.57. The Hall–Kier alpha value is 0. The molecule has 0 unspecified atom stereocenters. The zero-order valence-corrected chi connectivity index (χ0v) is 14.4. The summed E-state index contributed by atoms with van der Waals surface area (Å²) in [6.45, 7) is 7.33. The summed E-state index contributed by atoms with van der Waals surface area (Å²) < 4.78 is 0. The highest BCUT2D eigenvalue weighted by molar-refractivity contribution is 4.79. The summed E-state index contributed by atoms with van der Waals surface area (Å²) in [6, 6.07) is 0. The SMILES string of the molecule is CC(C)CC1CCC(CCCC2(C)CCCCC2)CC1. The lowest BCUT2D eigenvalue weighted by Crippen LogP contribution is -2.21. The zero-order chi connectivity index (χ0) is 14.4. The molecular formula is C20H38. The first-order chi connectivity index (χ1) is 9.57. The van der Waals surface area contributed by atoms with E-state index in [-0.39, 0.29) is 0 Å². The van der Waals surface area contributed by atoms with Gasteiger partial charge in [0.2, 0.25) is 0 Å². The van der Waals surface area contributed by atoms with Crippen LogP contribution in [0.4, 0.5) is 0 Å². The predicted octanol–water partition coefficient (Wildman–Crippen LogP) is 6.98. The lowest BCUT2D eigenvalue weighted by molar-refractivity contribution is 0.178. The van der Waals surface area contributed by atoms with Crippen molar-refractivity contribution in [1.29, 1.82) is 0 Å². The van der Waals surface area contributed by atoms with Gasteiger partial charge in [-0.3, -0.25) is 0 Å². The van der Waals surface area contributed by atoms with Gasteiger partial charge in [-0.15, -0.1) is 0 Å². The van der Waals surface area contributed by atoms with Crippen LogP contribution in [-0.4, -0.2) is 0 Å². The van der Waals surface area contributed by atoms with Crippen LogP contribution >= 0.6 is 0 Å². The molecule has 0 nitrogen and oxygen atoms in total. The molecule has 20 heavy (non-hydrogen) atoms. The van der Waals surface area contributed by atoms with Gasteiger partial charge in [0.25, 0.3) is 0 Å². The van der Waals surface area contributed by atoms with Crippen molar-refractivity contribution in [3.05, 3.63) is 0 Å². The average Bonchev–Trinajstić information content (AvgIpc) is 2.41. The minimum atomic E-state index is 0.715. The molecule has 2 aliphatic carbocycles. The summed E-state index contributed by atoms with van der Waals surface area (Å²) in [5, 5.41) is 0. The number of hydrogen-bond donors (Lipinski definition) is 0. The van der Waals surface area contributed by atoms with E-state index < -0.39 is 0 Å². The van der Waals surface area contributed by atoms with E-state index in [0.717, 1.165) is 17.8 Å². The van der Waals surface area contributed by atoms with E-state index in [1.165, 1.54) is 83.5 Å². The summed E-state index contributed by atoms with van der Waals surface area (Å²) in [7, 11) is 0. The Labute approximate surface area is 128 Å². The van der Waals surface area contributed by atoms with Gasteiger partial charge in [0, 0.05) is 0 Å². The Morgan fingerprint density at radius 3 is 2.10 bits per heavy atom. The van der Waals surface area contributed by atoms with E-state index in [4.69, 9.17) is 0 Å². The fraction of sp³-hybridized carbons (Fsp3) is 1.00. The molecule has 118 valence electrons. The van der Waals surface area contributed by atoms with Crippen LogP contribution in [0.5, 0.6) is 0 Å². The molecule has 2 fully saturated rings. The van der Waals surface area contributed by atoms with Gasteiger partial charge in [0.15, 0.2) is 0 Å². The quantitative estimate of drug-likeness (QED) is 0.491. The molecular weight excluding hydrogens is 240 g/mol. The van der Waals surface area contributed by atoms with E-state index in [2.05, 4.69) is 20.8 Å². The third-order valence-electron chi connectivity index (χ3n) is 6.22. The molecule has 0 aliphatic heterocycles. The molecule has 0 heterocycles. The van der Waals surface area contributed by atoms with Gasteiger partial charge in [-0.25, -0.2) is 0 Å². The molecule has 0 amide bonds. The van der Waals surface area contributed by atoms with Crippen LogP contribution in [0.25, 0.3) is 0 Å². The predicted molar refractivity (Wildman–Crippen MR) is 89.9 cm³/mol. The van der Waals surface area contributed by atoms with Crippen LogP contribution in [0, 0.1) is 23.2 Å². The molecule has 0 atom stereocenters. The molecule has 0 heteroatoms. The molecule has 0 bridgehead atoms. The van der Waals surface area contributed by atoms with Gasteiger partial charge >= 0.3 is 0 Å². The molecule has 0 N–H and O–H groups in total. The van der Waals surface area contributed by atoms with Gasteiger partial charge < -0.3 is 0 Å². The van der Waals surface area contributed by atoms with Gasteiger partial charge in [0.05, 0.1) is 0 Å². The maximum atomic E-state index is 2.56. The molecule has 0 saturated heterocycles. The summed E-state index contributed by atoms with van der Waals surface area (Å²) in [5.41, 5.74) is 0.715. The smallest absolute Gasteiger partial charge is 0.0326 e. The average molecular weight is 279 g/mol. The number of hydrogen-bond acceptors (Lipinski definition) is 0. The summed E-state index contributed by atoms with van der Waals surface area (Å²) in [5.74, 6) is 3.04. The Bertz CT molecular complexity index is 251. The van der Waals surface area contributed by atoms with Gasteiger partial charge in [-0.1, -0.05) is 78.6 Å². The maximum absolute atomic E-state index is 2.56. The fourth-order valence-corrected chi connectivity index (χ4v) is 4.90. The van der Waals surface area contributed by atoms with Crippen LogP contribution in [-0.2, 0) is 0 Å². The van der Waals surface area contributed by atoms with Gasteiger partial charge in [0.1, 0.15) is 0 Å². The Morgan fingerprint density at radius 2 is 1.50 bits per heavy atom. The first kappa shape index (κ1) is 16.4. The minimum absolute atomic E-state index is 0.715. The molecule has 0 radical (unpaired) electrons. The second-order valence-electron chi connectivity index (χ2n) is 8.78. The molecule has 0 aromatic carbocycles. The second kappa shape index (κ2) is 7.85. The molecule has 2 saturated carbocycles. The van der Waals surface area contributed by atoms with E-state index in [0.29, 0.717) is 5.41 Å². The first-order valence-corrected chi connectivity index (χ1v) is 9.57. The Balaban J connectivity index is 1.59. The van der Waals surface area contributed by atoms with Gasteiger partial charge in [-0.05, 0) is 48.9 Å². The summed E-state index contributed by atoms with van der Waals surface area (Å²) >= 11 is 0. The van der Waals surface area contributed by atoms with Gasteiger partial charge in [-0.2, -0.15) is 0 Å². The molecule has 0 aromatic rings. The standard InChI is InChI=1S/C20H38/c1-17(2)16-19-11-9-18(10-12-19)8-7-15-20(3)13-5-4-6-14-20/h17-19H,4-16H2,1-3H3. The van der Waals surface area contributed by atoms with E-state index in [1.807, 2.05) is 0 Å². The molecule has 2 aliphatic rings. The topological polar surface area (TPSA) is 0 Å². The maximum Gasteiger partial charge on any atom is -0.0326 e. The van der Waals surface area contributed by atoms with Crippen molar-refractivity contribution in [2.45, 2.75) is 104 Å². The molecule has 0 aromatic heterocycles. The highest BCUT2D eigenvalue weighted by atomic mass is 14.3. The lowest BCUT2D eigenvalue weighted by atomic mass is 9.71. The zero-order valence-electron chi connectivity index (χ0n) is 14.4. The van der Waals surface area contributed by atoms with E-state index >= 15 is 0 Å². The van der Waals surface area contributed by atoms with Crippen molar-refractivity contribution in [1.82, 2.24) is 0 Å². The highest BCUT2D eigenvalue weighted by Crippen LogP contribution is 2.41. The van der Waals surface area contributed by atoms with E-state index in [1.54, 1.807) is 0 Å². The van der Waals surface area contributed by atoms with Crippen molar-refractivity contribution in [2.24, 2.45) is 23.2 Å². The van der Waals surface area contributed by atoms with Crippen LogP contribution in [0.15, 0.2) is 0 Å². The Kier molecular flexibility index (Phi) is 6.43. The third-order valence-corrected chi connectivity index (χ3v) is 6.22. The second-order valence-corrected chi connectivity index (χ2v) is 8.78. The molecule has 0 spiro atoms. The monoisotopic (exact) mass is 278 g/mol. The third kappa shape index (κ3) is 5.41. The van der Waals surface area contributed by atoms with Crippen LogP contribution < -0.4 is 0 Å². The van der Waals surface area contributed by atoms with Crippen molar-refractivity contribution in [2.75, 3.05) is 0 Å². The minimum Gasteiger partial charge on any atom is -0.0628 e. The number of rotatable bonds is 6. The molecule has 2 rings (SSSR count). The van der Waals surface area contributed by atoms with Crippen LogP contribution in [0.3, 0.4) is 0 Å². The van der Waals surface area contributed by atoms with Crippen molar-refractivity contribution < 1.29 is 0 Å². The summed E-state index contributed by atoms with van der Waals surface area (Å²) in [6.07, 6.45) is 19.7. The van der Waals surface area contributed by atoms with Crippen LogP contribution in [0.2, 0.25) is 0 Å². The van der Waals surface area contributed by atoms with E-state index in [9.17, 15) is 0 Å². The van der Waals surface area contributed by atoms with Crippen molar-refractivity contribution >= 4 is 0 Å². The largest absolute Gasteiger partial charge is 0.0628 e. The Morgan fingerprint density at radius 1 is 0.900 bits per heavy atom. The van der Waals surface area contributed by atoms with Crippen molar-refractivity contribution in [3.8, 4) is 0 Å². The van der Waals surface area contributed by atoms with Crippen molar-refractivity contribution in [3.63, 3.8) is 0 Å². The lowest BCUT2D eigenvalue weighted by Gasteiger charge is -2.35. The normalized spacial score (nSPS) is 30.6. The summed E-state index contributed by atoms with van der Waals surface area (Å²) in [4.78, 5) is 0. The highest BCUT2D eigenvalue weighted by Gasteiger charge is 2.27.